The zero-order chi connectivity index (χ0) is 24.1. The largest absolute Gasteiger partial charge is 0.495 e. The van der Waals surface area contributed by atoms with E-state index in [1.165, 1.54) is 31.2 Å². The van der Waals surface area contributed by atoms with E-state index in [2.05, 4.69) is 32.0 Å². The fourth-order valence-electron chi connectivity index (χ4n) is 5.06. The van der Waals surface area contributed by atoms with Crippen molar-refractivity contribution >= 4 is 11.6 Å². The van der Waals surface area contributed by atoms with Crippen LogP contribution < -0.4 is 9.64 Å². The number of aromatic nitrogens is 1. The van der Waals surface area contributed by atoms with Gasteiger partial charge < -0.3 is 19.3 Å². The predicted molar refractivity (Wildman–Crippen MR) is 137 cm³/mol. The molecule has 0 saturated heterocycles. The molecule has 1 atom stereocenters. The first-order valence-electron chi connectivity index (χ1n) is 12.3. The van der Waals surface area contributed by atoms with E-state index in [4.69, 9.17) is 4.74 Å². The topological polar surface area (TPSA) is 54.7 Å². The molecule has 0 bridgehead atoms. The number of hydrogen-bond acceptors (Lipinski definition) is 3. The van der Waals surface area contributed by atoms with Crippen molar-refractivity contribution in [2.75, 3.05) is 18.6 Å². The number of hydrogen-bond donors (Lipinski definition) is 1. The molecule has 5 nitrogen and oxygen atoms in total. The number of carbonyl (C=O) groups is 1. The molecule has 4 rings (SSSR count). The number of methoxy groups -OCH3 is 1. The highest BCUT2D eigenvalue weighted by atomic mass is 16.5. The van der Waals surface area contributed by atoms with Gasteiger partial charge in [0.2, 0.25) is 0 Å². The summed E-state index contributed by atoms with van der Waals surface area (Å²) < 4.78 is 7.55. The quantitative estimate of drug-likeness (QED) is 0.410. The maximum Gasteiger partial charge on any atom is 0.258 e. The van der Waals surface area contributed by atoms with Crippen LogP contribution in [-0.2, 0) is 13.0 Å². The van der Waals surface area contributed by atoms with E-state index in [9.17, 15) is 9.90 Å². The third kappa shape index (κ3) is 5.05. The van der Waals surface area contributed by atoms with Crippen molar-refractivity contribution in [3.05, 3.63) is 77.6 Å². The number of unbranched alkanes of at least 4 members (excludes halogenated alkanes) is 2. The Morgan fingerprint density at radius 1 is 1.12 bits per heavy atom. The highest BCUT2D eigenvalue weighted by molar-refractivity contribution is 6.07. The Labute approximate surface area is 203 Å². The van der Waals surface area contributed by atoms with Crippen molar-refractivity contribution in [1.29, 1.82) is 0 Å². The summed E-state index contributed by atoms with van der Waals surface area (Å²) in [7, 11) is 1.62. The fourth-order valence-corrected chi connectivity index (χ4v) is 5.06. The van der Waals surface area contributed by atoms with E-state index < -0.39 is 0 Å². The first kappa shape index (κ1) is 24.1. The van der Waals surface area contributed by atoms with Crippen LogP contribution in [0, 0.1) is 5.41 Å². The Morgan fingerprint density at radius 2 is 1.94 bits per heavy atom. The molecule has 0 radical (unpaired) electrons. The van der Waals surface area contributed by atoms with E-state index in [0.29, 0.717) is 17.9 Å². The van der Waals surface area contributed by atoms with Crippen LogP contribution in [0.4, 0.5) is 5.69 Å². The number of aliphatic hydroxyl groups excluding tert-OH is 1. The molecule has 1 aliphatic heterocycles. The van der Waals surface area contributed by atoms with Crippen molar-refractivity contribution in [1.82, 2.24) is 4.57 Å². The maximum absolute atomic E-state index is 13.8. The van der Waals surface area contributed by atoms with Crippen LogP contribution in [0.2, 0.25) is 0 Å². The van der Waals surface area contributed by atoms with Crippen LogP contribution in [-0.4, -0.2) is 29.2 Å². The second kappa shape index (κ2) is 10.5. The van der Waals surface area contributed by atoms with Gasteiger partial charge >= 0.3 is 0 Å². The van der Waals surface area contributed by atoms with Gasteiger partial charge in [0.25, 0.3) is 5.91 Å². The summed E-state index contributed by atoms with van der Waals surface area (Å²) in [6.45, 7) is 5.31. The van der Waals surface area contributed by atoms with Gasteiger partial charge in [-0.05, 0) is 66.1 Å². The highest BCUT2D eigenvalue weighted by Crippen LogP contribution is 2.40. The van der Waals surface area contributed by atoms with Crippen molar-refractivity contribution in [2.24, 2.45) is 5.41 Å². The van der Waals surface area contributed by atoms with Gasteiger partial charge in [-0.2, -0.15) is 0 Å². The van der Waals surface area contributed by atoms with E-state index in [-0.39, 0.29) is 17.9 Å². The van der Waals surface area contributed by atoms with Crippen molar-refractivity contribution < 1.29 is 14.6 Å². The Kier molecular flexibility index (Phi) is 7.42. The first-order valence-corrected chi connectivity index (χ1v) is 12.3. The molecule has 3 aromatic rings. The Bertz CT molecular complexity index is 1140. The lowest BCUT2D eigenvalue weighted by Crippen LogP contribution is -2.33. The number of benzene rings is 2. The number of aliphatic hydroxyl groups is 1. The SMILES string of the molecule is CCCCCC1(C)CCN(C(=O)c2ccc(-n3ccc(CO)c3)c(OC)c2)c2ccccc2C1. The third-order valence-corrected chi connectivity index (χ3v) is 7.11. The summed E-state index contributed by atoms with van der Waals surface area (Å²) in [6.07, 6.45) is 10.6. The zero-order valence-corrected chi connectivity index (χ0v) is 20.6. The van der Waals surface area contributed by atoms with E-state index >= 15 is 0 Å². The normalized spacial score (nSPS) is 17.8. The molecule has 180 valence electrons. The summed E-state index contributed by atoms with van der Waals surface area (Å²) in [4.78, 5) is 15.7. The lowest BCUT2D eigenvalue weighted by molar-refractivity contribution is 0.0984. The number of carbonyl (C=O) groups excluding carboxylic acids is 1. The molecule has 1 aliphatic rings. The smallest absolute Gasteiger partial charge is 0.258 e. The lowest BCUT2D eigenvalue weighted by Gasteiger charge is -2.28. The van der Waals surface area contributed by atoms with Gasteiger partial charge in [0.15, 0.2) is 0 Å². The van der Waals surface area contributed by atoms with E-state index in [1.807, 2.05) is 52.2 Å². The molecule has 5 heteroatoms. The van der Waals surface area contributed by atoms with Crippen LogP contribution in [0.25, 0.3) is 5.69 Å². The molecule has 2 aromatic carbocycles. The average Bonchev–Trinajstić information content (AvgIpc) is 3.28. The van der Waals surface area contributed by atoms with Crippen molar-refractivity contribution in [3.8, 4) is 11.4 Å². The maximum atomic E-state index is 13.8. The molecule has 0 saturated carbocycles. The van der Waals surface area contributed by atoms with Crippen molar-refractivity contribution in [2.45, 2.75) is 59.0 Å². The minimum atomic E-state index is -0.0163. The molecular formula is C29H36N2O3. The Morgan fingerprint density at radius 3 is 2.68 bits per heavy atom. The third-order valence-electron chi connectivity index (χ3n) is 7.11. The van der Waals surface area contributed by atoms with Gasteiger partial charge in [-0.1, -0.05) is 51.3 Å². The second-order valence-electron chi connectivity index (χ2n) is 9.75. The summed E-state index contributed by atoms with van der Waals surface area (Å²) >= 11 is 0. The summed E-state index contributed by atoms with van der Waals surface area (Å²) in [5.41, 5.74) is 4.73. The summed E-state index contributed by atoms with van der Waals surface area (Å²) in [5.74, 6) is 0.622. The minimum Gasteiger partial charge on any atom is -0.495 e. The second-order valence-corrected chi connectivity index (χ2v) is 9.75. The average molecular weight is 461 g/mol. The van der Waals surface area contributed by atoms with Gasteiger partial charge in [-0.15, -0.1) is 0 Å². The molecule has 34 heavy (non-hydrogen) atoms. The number of ether oxygens (including phenoxy) is 1. The molecule has 0 aliphatic carbocycles. The molecule has 0 spiro atoms. The first-order chi connectivity index (χ1) is 16.5. The van der Waals surface area contributed by atoms with Crippen LogP contribution in [0.1, 0.15) is 67.4 Å². The van der Waals surface area contributed by atoms with Gasteiger partial charge in [-0.3, -0.25) is 4.79 Å². The molecule has 2 heterocycles. The van der Waals surface area contributed by atoms with Gasteiger partial charge in [0.05, 0.1) is 19.4 Å². The molecular weight excluding hydrogens is 424 g/mol. The summed E-state index contributed by atoms with van der Waals surface area (Å²) in [5, 5.41) is 9.39. The number of nitrogens with zero attached hydrogens (tertiary/aromatic N) is 2. The number of amides is 1. The number of fused-ring (bicyclic) bond motifs is 1. The van der Waals surface area contributed by atoms with Crippen molar-refractivity contribution in [3.63, 3.8) is 0 Å². The number of rotatable bonds is 8. The van der Waals surface area contributed by atoms with Crippen LogP contribution in [0.15, 0.2) is 60.9 Å². The molecule has 0 fully saturated rings. The monoisotopic (exact) mass is 460 g/mol. The summed E-state index contributed by atoms with van der Waals surface area (Å²) in [6, 6.07) is 15.8. The zero-order valence-electron chi connectivity index (χ0n) is 20.6. The minimum absolute atomic E-state index is 0.00124. The molecule has 1 aromatic heterocycles. The number of anilines is 1. The predicted octanol–water partition coefficient (Wildman–Crippen LogP) is 6.16. The van der Waals surface area contributed by atoms with Crippen LogP contribution >= 0.6 is 0 Å². The molecule has 1 amide bonds. The molecule has 1 unspecified atom stereocenters. The fraction of sp³-hybridized carbons (Fsp3) is 0.414. The Balaban J connectivity index is 1.63. The standard InChI is InChI=1S/C29H36N2O3/c1-4-5-8-14-29(2)15-17-31(25-10-7-6-9-24(25)19-29)28(33)23-11-12-26(27(18-23)34-3)30-16-13-22(20-30)21-32/h6-7,9-13,16,18,20,32H,4-5,8,14-15,17,19,21H2,1-3H3. The number of para-hydroxylation sites is 1. The van der Waals surface area contributed by atoms with Gasteiger partial charge in [-0.25, -0.2) is 0 Å². The highest BCUT2D eigenvalue weighted by Gasteiger charge is 2.32. The Hall–Kier alpha value is -3.05. The van der Waals surface area contributed by atoms with Gasteiger partial charge in [0.1, 0.15) is 5.75 Å². The molecule has 1 N–H and O–H groups in total. The van der Waals surface area contributed by atoms with Gasteiger partial charge in [0, 0.05) is 30.2 Å². The lowest BCUT2D eigenvalue weighted by atomic mass is 9.77. The van der Waals surface area contributed by atoms with Crippen LogP contribution in [0.3, 0.4) is 0 Å². The van der Waals surface area contributed by atoms with E-state index in [0.717, 1.165) is 29.8 Å². The van der Waals surface area contributed by atoms with E-state index in [1.54, 1.807) is 7.11 Å². The van der Waals surface area contributed by atoms with Crippen LogP contribution in [0.5, 0.6) is 5.75 Å².